The maximum atomic E-state index is 12.3. The topological polar surface area (TPSA) is 61.2 Å². The van der Waals surface area contributed by atoms with E-state index >= 15 is 0 Å². The molecule has 5 heteroatoms. The summed E-state index contributed by atoms with van der Waals surface area (Å²) >= 11 is 0. The zero-order valence-electron chi connectivity index (χ0n) is 11.7. The van der Waals surface area contributed by atoms with Gasteiger partial charge in [0, 0.05) is 7.05 Å². The third-order valence-corrected chi connectivity index (χ3v) is 3.02. The number of carbonyl (C=O) groups is 1. The summed E-state index contributed by atoms with van der Waals surface area (Å²) in [6.45, 7) is 3.71. The van der Waals surface area contributed by atoms with Crippen LogP contribution in [-0.4, -0.2) is 22.4 Å². The van der Waals surface area contributed by atoms with Crippen molar-refractivity contribution in [1.29, 1.82) is 0 Å². The first-order chi connectivity index (χ1) is 9.56. The van der Waals surface area contributed by atoms with E-state index in [-0.39, 0.29) is 17.9 Å². The molecule has 20 heavy (non-hydrogen) atoms. The highest BCUT2D eigenvalue weighted by Crippen LogP contribution is 2.21. The second-order valence-electron chi connectivity index (χ2n) is 4.36. The average molecular weight is 272 g/mol. The molecule has 104 valence electrons. The van der Waals surface area contributed by atoms with E-state index in [2.05, 4.69) is 5.10 Å². The van der Waals surface area contributed by atoms with E-state index in [0.29, 0.717) is 11.1 Å². The van der Waals surface area contributed by atoms with Gasteiger partial charge in [-0.15, -0.1) is 0 Å². The number of aromatic nitrogens is 2. The van der Waals surface area contributed by atoms with Crippen molar-refractivity contribution < 1.29 is 9.53 Å². The molecule has 0 unspecified atom stereocenters. The van der Waals surface area contributed by atoms with Crippen LogP contribution in [0.4, 0.5) is 0 Å². The molecular formula is C15H16N2O3. The normalized spacial score (nSPS) is 10.3. The van der Waals surface area contributed by atoms with E-state index < -0.39 is 5.97 Å². The number of nitrogens with zero attached hydrogens (tertiary/aromatic N) is 2. The van der Waals surface area contributed by atoms with Gasteiger partial charge in [-0.05, 0) is 25.0 Å². The maximum Gasteiger partial charge on any atom is 0.359 e. The Morgan fingerprint density at radius 2 is 1.95 bits per heavy atom. The van der Waals surface area contributed by atoms with E-state index in [1.165, 1.54) is 11.7 Å². The molecule has 0 aliphatic heterocycles. The van der Waals surface area contributed by atoms with Gasteiger partial charge in [0.15, 0.2) is 5.69 Å². The first kappa shape index (κ1) is 14.0. The van der Waals surface area contributed by atoms with Crippen molar-refractivity contribution in [2.75, 3.05) is 6.61 Å². The van der Waals surface area contributed by atoms with E-state index in [0.717, 1.165) is 5.56 Å². The SMILES string of the molecule is CCOC(=O)c1nn(C)c(=O)c(-c2ccccc2)c1C. The highest BCUT2D eigenvalue weighted by atomic mass is 16.5. The second kappa shape index (κ2) is 5.69. The summed E-state index contributed by atoms with van der Waals surface area (Å²) < 4.78 is 6.15. The zero-order valence-corrected chi connectivity index (χ0v) is 11.7. The first-order valence-electron chi connectivity index (χ1n) is 6.36. The Morgan fingerprint density at radius 3 is 2.55 bits per heavy atom. The Balaban J connectivity index is 2.69. The molecule has 1 aromatic carbocycles. The molecule has 0 atom stereocenters. The lowest BCUT2D eigenvalue weighted by atomic mass is 10.0. The van der Waals surface area contributed by atoms with Gasteiger partial charge in [-0.25, -0.2) is 9.48 Å². The molecule has 0 saturated heterocycles. The van der Waals surface area contributed by atoms with Gasteiger partial charge >= 0.3 is 5.97 Å². The summed E-state index contributed by atoms with van der Waals surface area (Å²) in [4.78, 5) is 24.2. The third-order valence-electron chi connectivity index (χ3n) is 3.02. The molecule has 0 fully saturated rings. The predicted octanol–water partition coefficient (Wildman–Crippen LogP) is 1.93. The Bertz CT molecular complexity index is 690. The van der Waals surface area contributed by atoms with Gasteiger partial charge in [0.25, 0.3) is 5.56 Å². The molecule has 0 radical (unpaired) electrons. The van der Waals surface area contributed by atoms with Crippen LogP contribution in [-0.2, 0) is 11.8 Å². The number of carbonyl (C=O) groups excluding carboxylic acids is 1. The fraction of sp³-hybridized carbons (Fsp3) is 0.267. The van der Waals surface area contributed by atoms with E-state index in [9.17, 15) is 9.59 Å². The van der Waals surface area contributed by atoms with Gasteiger partial charge in [-0.3, -0.25) is 4.79 Å². The van der Waals surface area contributed by atoms with Crippen LogP contribution in [0, 0.1) is 6.92 Å². The number of benzene rings is 1. The number of esters is 1. The lowest BCUT2D eigenvalue weighted by Crippen LogP contribution is -2.26. The van der Waals surface area contributed by atoms with E-state index in [1.807, 2.05) is 30.3 Å². The molecule has 1 heterocycles. The highest BCUT2D eigenvalue weighted by molar-refractivity contribution is 5.91. The summed E-state index contributed by atoms with van der Waals surface area (Å²) in [5.41, 5.74) is 1.72. The van der Waals surface area contributed by atoms with Gasteiger partial charge in [0.1, 0.15) is 0 Å². The highest BCUT2D eigenvalue weighted by Gasteiger charge is 2.20. The number of ether oxygens (including phenoxy) is 1. The molecule has 5 nitrogen and oxygen atoms in total. The maximum absolute atomic E-state index is 12.3. The predicted molar refractivity (Wildman–Crippen MR) is 75.6 cm³/mol. The van der Waals surface area contributed by atoms with Crippen molar-refractivity contribution in [3.05, 3.63) is 51.9 Å². The van der Waals surface area contributed by atoms with Crippen LogP contribution in [0.5, 0.6) is 0 Å². The van der Waals surface area contributed by atoms with Crippen LogP contribution < -0.4 is 5.56 Å². The van der Waals surface area contributed by atoms with Crippen molar-refractivity contribution in [3.63, 3.8) is 0 Å². The minimum absolute atomic E-state index is 0.174. The Hall–Kier alpha value is -2.43. The zero-order chi connectivity index (χ0) is 14.7. The number of hydrogen-bond donors (Lipinski definition) is 0. The molecular weight excluding hydrogens is 256 g/mol. The lowest BCUT2D eigenvalue weighted by molar-refractivity contribution is 0.0515. The lowest BCUT2D eigenvalue weighted by Gasteiger charge is -2.11. The molecule has 0 amide bonds. The Morgan fingerprint density at radius 1 is 1.30 bits per heavy atom. The standard InChI is InChI=1S/C15H16N2O3/c1-4-20-15(19)13-10(2)12(14(18)17(3)16-13)11-8-6-5-7-9-11/h5-9H,4H2,1-3H3. The molecule has 0 spiro atoms. The second-order valence-corrected chi connectivity index (χ2v) is 4.36. The molecule has 0 N–H and O–H groups in total. The largest absolute Gasteiger partial charge is 0.461 e. The van der Waals surface area contributed by atoms with Gasteiger partial charge in [0.2, 0.25) is 0 Å². The van der Waals surface area contributed by atoms with Gasteiger partial charge in [0.05, 0.1) is 12.2 Å². The fourth-order valence-electron chi connectivity index (χ4n) is 2.05. The van der Waals surface area contributed by atoms with Crippen LogP contribution in [0.25, 0.3) is 11.1 Å². The average Bonchev–Trinajstić information content (AvgIpc) is 2.44. The minimum Gasteiger partial charge on any atom is -0.461 e. The summed E-state index contributed by atoms with van der Waals surface area (Å²) in [7, 11) is 1.52. The van der Waals surface area contributed by atoms with Gasteiger partial charge < -0.3 is 4.74 Å². The molecule has 0 saturated carbocycles. The van der Waals surface area contributed by atoms with E-state index in [4.69, 9.17) is 4.74 Å². The van der Waals surface area contributed by atoms with Crippen molar-refractivity contribution in [2.45, 2.75) is 13.8 Å². The first-order valence-corrected chi connectivity index (χ1v) is 6.36. The smallest absolute Gasteiger partial charge is 0.359 e. The Labute approximate surface area is 116 Å². The molecule has 0 bridgehead atoms. The molecule has 2 aromatic rings. The third kappa shape index (κ3) is 2.47. The quantitative estimate of drug-likeness (QED) is 0.801. The molecule has 2 rings (SSSR count). The molecule has 0 aliphatic rings. The van der Waals surface area contributed by atoms with Crippen LogP contribution >= 0.6 is 0 Å². The molecule has 0 aliphatic carbocycles. The summed E-state index contributed by atoms with van der Waals surface area (Å²) in [6, 6.07) is 9.23. The van der Waals surface area contributed by atoms with E-state index in [1.54, 1.807) is 13.8 Å². The summed E-state index contributed by atoms with van der Waals surface area (Å²) in [5.74, 6) is -0.516. The van der Waals surface area contributed by atoms with Crippen LogP contribution in [0.3, 0.4) is 0 Å². The fourth-order valence-corrected chi connectivity index (χ4v) is 2.05. The number of rotatable bonds is 3. The summed E-state index contributed by atoms with van der Waals surface area (Å²) in [6.07, 6.45) is 0. The minimum atomic E-state index is -0.516. The number of hydrogen-bond acceptors (Lipinski definition) is 4. The summed E-state index contributed by atoms with van der Waals surface area (Å²) in [5, 5.41) is 4.01. The monoisotopic (exact) mass is 272 g/mol. The van der Waals surface area contributed by atoms with Crippen molar-refractivity contribution >= 4 is 5.97 Å². The van der Waals surface area contributed by atoms with Gasteiger partial charge in [-0.2, -0.15) is 5.10 Å². The molecule has 1 aromatic heterocycles. The van der Waals surface area contributed by atoms with Crippen LogP contribution in [0.1, 0.15) is 23.0 Å². The van der Waals surface area contributed by atoms with Crippen LogP contribution in [0.2, 0.25) is 0 Å². The van der Waals surface area contributed by atoms with Crippen LogP contribution in [0.15, 0.2) is 35.1 Å². The van der Waals surface area contributed by atoms with Crippen molar-refractivity contribution in [2.24, 2.45) is 7.05 Å². The van der Waals surface area contributed by atoms with Crippen molar-refractivity contribution in [1.82, 2.24) is 9.78 Å². The Kier molecular flexibility index (Phi) is 3.98. The van der Waals surface area contributed by atoms with Crippen molar-refractivity contribution in [3.8, 4) is 11.1 Å². The van der Waals surface area contributed by atoms with Gasteiger partial charge in [-0.1, -0.05) is 30.3 Å². The number of aryl methyl sites for hydroxylation is 1.